The van der Waals surface area contributed by atoms with E-state index >= 15 is 0 Å². The molecule has 0 atom stereocenters. The molecular formula is C16H14N4. The summed E-state index contributed by atoms with van der Waals surface area (Å²) in [6, 6.07) is 17.7. The maximum absolute atomic E-state index is 8.86. The van der Waals surface area contributed by atoms with Gasteiger partial charge in [-0.3, -0.25) is 0 Å². The average molecular weight is 262 g/mol. The lowest BCUT2D eigenvalue weighted by Gasteiger charge is -2.03. The van der Waals surface area contributed by atoms with Gasteiger partial charge in [0, 0.05) is 6.54 Å². The lowest BCUT2D eigenvalue weighted by Crippen LogP contribution is -2.13. The Morgan fingerprint density at radius 2 is 2.00 bits per heavy atom. The number of imidazole rings is 1. The second kappa shape index (κ2) is 5.55. The zero-order chi connectivity index (χ0) is 13.8. The van der Waals surface area contributed by atoms with Gasteiger partial charge in [0.25, 0.3) is 0 Å². The summed E-state index contributed by atoms with van der Waals surface area (Å²) in [5, 5.41) is 12.2. The van der Waals surface area contributed by atoms with Gasteiger partial charge in [0.2, 0.25) is 0 Å². The van der Waals surface area contributed by atoms with Crippen LogP contribution in [-0.2, 0) is 13.1 Å². The minimum absolute atomic E-state index is 0.672. The summed E-state index contributed by atoms with van der Waals surface area (Å²) in [5.41, 5.74) is 3.82. The first kappa shape index (κ1) is 12.4. The number of nitriles is 1. The van der Waals surface area contributed by atoms with E-state index in [4.69, 9.17) is 5.26 Å². The highest BCUT2D eigenvalue weighted by Gasteiger charge is 2.01. The van der Waals surface area contributed by atoms with Crippen LogP contribution < -0.4 is 5.32 Å². The van der Waals surface area contributed by atoms with Gasteiger partial charge in [-0.2, -0.15) is 5.26 Å². The van der Waals surface area contributed by atoms with E-state index in [1.54, 1.807) is 0 Å². The first-order valence-electron chi connectivity index (χ1n) is 6.48. The highest BCUT2D eigenvalue weighted by atomic mass is 15.0. The number of H-pyrrole nitrogens is 1. The fourth-order valence-electron chi connectivity index (χ4n) is 2.17. The number of rotatable bonds is 4. The second-order valence-electron chi connectivity index (χ2n) is 4.62. The maximum atomic E-state index is 8.86. The van der Waals surface area contributed by atoms with Crippen LogP contribution in [0.3, 0.4) is 0 Å². The van der Waals surface area contributed by atoms with E-state index in [1.807, 2.05) is 48.5 Å². The zero-order valence-electron chi connectivity index (χ0n) is 10.9. The minimum atomic E-state index is 0.672. The molecule has 0 amide bonds. The zero-order valence-corrected chi connectivity index (χ0v) is 10.9. The summed E-state index contributed by atoms with van der Waals surface area (Å²) in [4.78, 5) is 7.79. The standard InChI is InChI=1S/C16H14N4/c17-9-12-4-3-5-13(8-12)10-18-11-16-19-14-6-1-2-7-15(14)20-16/h1-8,18H,10-11H2,(H,19,20). The van der Waals surface area contributed by atoms with Crippen LogP contribution >= 0.6 is 0 Å². The van der Waals surface area contributed by atoms with Gasteiger partial charge in [-0.1, -0.05) is 24.3 Å². The van der Waals surface area contributed by atoms with Crippen LogP contribution in [0.1, 0.15) is 17.0 Å². The van der Waals surface area contributed by atoms with Crippen molar-refractivity contribution in [3.05, 3.63) is 65.5 Å². The molecule has 0 bridgehead atoms. The number of nitrogens with one attached hydrogen (secondary N) is 2. The molecule has 2 aromatic carbocycles. The Kier molecular flexibility index (Phi) is 3.44. The number of hydrogen-bond donors (Lipinski definition) is 2. The average Bonchev–Trinajstić information content (AvgIpc) is 2.90. The van der Waals surface area contributed by atoms with Crippen LogP contribution in [0.2, 0.25) is 0 Å². The molecule has 3 rings (SSSR count). The predicted molar refractivity (Wildman–Crippen MR) is 77.8 cm³/mol. The van der Waals surface area contributed by atoms with Crippen molar-refractivity contribution in [2.75, 3.05) is 0 Å². The molecule has 2 N–H and O–H groups in total. The first-order valence-corrected chi connectivity index (χ1v) is 6.48. The molecule has 3 aromatic rings. The lowest BCUT2D eigenvalue weighted by molar-refractivity contribution is 0.670. The summed E-state index contributed by atoms with van der Waals surface area (Å²) >= 11 is 0. The lowest BCUT2D eigenvalue weighted by atomic mass is 10.1. The third-order valence-corrected chi connectivity index (χ3v) is 3.12. The van der Waals surface area contributed by atoms with Crippen molar-refractivity contribution in [2.24, 2.45) is 0 Å². The molecule has 4 nitrogen and oxygen atoms in total. The fraction of sp³-hybridized carbons (Fsp3) is 0.125. The molecule has 20 heavy (non-hydrogen) atoms. The summed E-state index contributed by atoms with van der Waals surface area (Å²) < 4.78 is 0. The van der Waals surface area contributed by atoms with E-state index in [1.165, 1.54) is 0 Å². The van der Waals surface area contributed by atoms with E-state index in [9.17, 15) is 0 Å². The third kappa shape index (κ3) is 2.68. The number of nitrogens with zero attached hydrogens (tertiary/aromatic N) is 2. The highest BCUT2D eigenvalue weighted by Crippen LogP contribution is 2.10. The van der Waals surface area contributed by atoms with Crippen molar-refractivity contribution in [1.29, 1.82) is 5.26 Å². The van der Waals surface area contributed by atoms with Crippen molar-refractivity contribution >= 4 is 11.0 Å². The Labute approximate surface area is 117 Å². The van der Waals surface area contributed by atoms with Gasteiger partial charge in [-0.25, -0.2) is 4.98 Å². The van der Waals surface area contributed by atoms with Gasteiger partial charge in [-0.15, -0.1) is 0 Å². The summed E-state index contributed by atoms with van der Waals surface area (Å²) in [6.45, 7) is 1.39. The number of hydrogen-bond acceptors (Lipinski definition) is 3. The van der Waals surface area contributed by atoms with Crippen molar-refractivity contribution < 1.29 is 0 Å². The van der Waals surface area contributed by atoms with E-state index < -0.39 is 0 Å². The molecule has 0 saturated heterocycles. The smallest absolute Gasteiger partial charge is 0.121 e. The molecule has 0 saturated carbocycles. The number of fused-ring (bicyclic) bond motifs is 1. The minimum Gasteiger partial charge on any atom is -0.341 e. The van der Waals surface area contributed by atoms with Crippen LogP contribution in [0.4, 0.5) is 0 Å². The van der Waals surface area contributed by atoms with E-state index in [2.05, 4.69) is 21.4 Å². The first-order chi connectivity index (χ1) is 9.85. The number of aromatic nitrogens is 2. The van der Waals surface area contributed by atoms with Crippen molar-refractivity contribution in [3.63, 3.8) is 0 Å². The van der Waals surface area contributed by atoms with E-state index in [-0.39, 0.29) is 0 Å². The Hall–Kier alpha value is -2.64. The Balaban J connectivity index is 1.63. The molecule has 98 valence electrons. The van der Waals surface area contributed by atoms with Gasteiger partial charge in [0.1, 0.15) is 5.82 Å². The largest absolute Gasteiger partial charge is 0.341 e. The molecule has 0 radical (unpaired) electrons. The Morgan fingerprint density at radius 3 is 2.85 bits per heavy atom. The summed E-state index contributed by atoms with van der Waals surface area (Å²) in [6.07, 6.45) is 0. The van der Waals surface area contributed by atoms with Gasteiger partial charge in [-0.05, 0) is 29.8 Å². The molecule has 0 unspecified atom stereocenters. The quantitative estimate of drug-likeness (QED) is 0.759. The van der Waals surface area contributed by atoms with Crippen molar-refractivity contribution in [2.45, 2.75) is 13.1 Å². The second-order valence-corrected chi connectivity index (χ2v) is 4.62. The third-order valence-electron chi connectivity index (χ3n) is 3.12. The molecule has 0 aliphatic heterocycles. The summed E-state index contributed by atoms with van der Waals surface area (Å²) in [5.74, 6) is 0.919. The van der Waals surface area contributed by atoms with E-state index in [0.717, 1.165) is 22.4 Å². The number of aromatic amines is 1. The Morgan fingerprint density at radius 1 is 1.10 bits per heavy atom. The summed E-state index contributed by atoms with van der Waals surface area (Å²) in [7, 11) is 0. The molecule has 0 aliphatic carbocycles. The number of benzene rings is 2. The van der Waals surface area contributed by atoms with Crippen LogP contribution in [0, 0.1) is 11.3 Å². The van der Waals surface area contributed by atoms with Crippen LogP contribution in [-0.4, -0.2) is 9.97 Å². The highest BCUT2D eigenvalue weighted by molar-refractivity contribution is 5.74. The monoisotopic (exact) mass is 262 g/mol. The molecule has 0 fully saturated rings. The van der Waals surface area contributed by atoms with Crippen LogP contribution in [0.15, 0.2) is 48.5 Å². The molecule has 0 spiro atoms. The van der Waals surface area contributed by atoms with Gasteiger partial charge < -0.3 is 10.3 Å². The van der Waals surface area contributed by atoms with E-state index in [0.29, 0.717) is 18.7 Å². The topological polar surface area (TPSA) is 64.5 Å². The number of para-hydroxylation sites is 2. The molecule has 1 heterocycles. The fourth-order valence-corrected chi connectivity index (χ4v) is 2.17. The van der Waals surface area contributed by atoms with Crippen LogP contribution in [0.5, 0.6) is 0 Å². The van der Waals surface area contributed by atoms with Gasteiger partial charge >= 0.3 is 0 Å². The molecule has 0 aliphatic rings. The molecular weight excluding hydrogens is 248 g/mol. The molecule has 4 heteroatoms. The predicted octanol–water partition coefficient (Wildman–Crippen LogP) is 2.72. The van der Waals surface area contributed by atoms with Gasteiger partial charge in [0.15, 0.2) is 0 Å². The van der Waals surface area contributed by atoms with Crippen molar-refractivity contribution in [1.82, 2.24) is 15.3 Å². The normalized spacial score (nSPS) is 10.6. The van der Waals surface area contributed by atoms with Crippen LogP contribution in [0.25, 0.3) is 11.0 Å². The van der Waals surface area contributed by atoms with Crippen molar-refractivity contribution in [3.8, 4) is 6.07 Å². The molecule has 1 aromatic heterocycles. The maximum Gasteiger partial charge on any atom is 0.121 e. The SMILES string of the molecule is N#Cc1cccc(CNCc2nc3ccccc3[nH]2)c1. The van der Waals surface area contributed by atoms with Gasteiger partial charge in [0.05, 0.1) is 29.2 Å². The Bertz CT molecular complexity index is 734.